The van der Waals surface area contributed by atoms with Crippen molar-refractivity contribution >= 4 is 0 Å². The molecule has 1 fully saturated rings. The molecule has 0 aromatic heterocycles. The van der Waals surface area contributed by atoms with Crippen LogP contribution in [0, 0.1) is 0 Å². The van der Waals surface area contributed by atoms with E-state index in [1.54, 1.807) is 0 Å². The second-order valence-corrected chi connectivity index (χ2v) is 3.18. The van der Waals surface area contributed by atoms with Gasteiger partial charge < -0.3 is 15.0 Å². The minimum Gasteiger partial charge on any atom is -0.374 e. The summed E-state index contributed by atoms with van der Waals surface area (Å²) in [6, 6.07) is 0. The van der Waals surface area contributed by atoms with E-state index in [0.29, 0.717) is 6.10 Å². The molecule has 1 N–H and O–H groups in total. The highest BCUT2D eigenvalue weighted by Crippen LogP contribution is 1.99. The number of rotatable bonds is 4. The fraction of sp³-hybridized carbons (Fsp3) is 1.00. The molecular weight excluding hydrogens is 152 g/mol. The Morgan fingerprint density at radius 3 is 2.67 bits per heavy atom. The largest absolute Gasteiger partial charge is 0.374 e. The Morgan fingerprint density at radius 1 is 1.42 bits per heavy atom. The van der Waals surface area contributed by atoms with Crippen LogP contribution in [-0.4, -0.2) is 50.3 Å². The molecule has 1 aliphatic rings. The fourth-order valence-corrected chi connectivity index (χ4v) is 1.51. The van der Waals surface area contributed by atoms with Crippen LogP contribution in [0.15, 0.2) is 0 Å². The lowest BCUT2D eigenvalue weighted by molar-refractivity contribution is 0.00735. The van der Waals surface area contributed by atoms with Crippen LogP contribution in [0.1, 0.15) is 13.8 Å². The maximum absolute atomic E-state index is 5.61. The molecule has 0 radical (unpaired) electrons. The highest BCUT2D eigenvalue weighted by atomic mass is 16.5. The average Bonchev–Trinajstić information content (AvgIpc) is 2.16. The second-order valence-electron chi connectivity index (χ2n) is 3.18. The molecule has 12 heavy (non-hydrogen) atoms. The Balaban J connectivity index is 2.18. The van der Waals surface area contributed by atoms with Gasteiger partial charge in [-0.3, -0.25) is 0 Å². The summed E-state index contributed by atoms with van der Waals surface area (Å²) in [5.41, 5.74) is 0. The molecule has 3 heteroatoms. The molecule has 1 atom stereocenters. The van der Waals surface area contributed by atoms with Gasteiger partial charge in [0.1, 0.15) is 0 Å². The van der Waals surface area contributed by atoms with Crippen LogP contribution in [0.4, 0.5) is 0 Å². The van der Waals surface area contributed by atoms with Crippen molar-refractivity contribution < 1.29 is 4.74 Å². The first-order valence-electron chi connectivity index (χ1n) is 4.91. The van der Waals surface area contributed by atoms with Crippen LogP contribution in [0.3, 0.4) is 0 Å². The van der Waals surface area contributed by atoms with Gasteiger partial charge in [-0.1, -0.05) is 13.8 Å². The molecule has 0 aromatic rings. The van der Waals surface area contributed by atoms with Gasteiger partial charge in [0, 0.05) is 19.6 Å². The molecule has 1 heterocycles. The zero-order valence-corrected chi connectivity index (χ0v) is 8.18. The molecule has 72 valence electrons. The number of ether oxygens (including phenoxy) is 1. The normalized spacial score (nSPS) is 24.8. The van der Waals surface area contributed by atoms with Gasteiger partial charge in [-0.25, -0.2) is 0 Å². The van der Waals surface area contributed by atoms with Gasteiger partial charge in [-0.05, 0) is 13.1 Å². The van der Waals surface area contributed by atoms with E-state index in [0.717, 1.165) is 39.3 Å². The highest BCUT2D eigenvalue weighted by molar-refractivity contribution is 4.70. The first-order valence-corrected chi connectivity index (χ1v) is 4.91. The molecule has 0 spiro atoms. The molecule has 1 aliphatic heterocycles. The number of likely N-dealkylation sites (N-methyl/N-ethyl adjacent to an activating group) is 1. The Labute approximate surface area is 75.1 Å². The third kappa shape index (κ3) is 3.09. The van der Waals surface area contributed by atoms with E-state index in [9.17, 15) is 0 Å². The molecule has 3 nitrogen and oxygen atoms in total. The van der Waals surface area contributed by atoms with Crippen LogP contribution in [0.5, 0.6) is 0 Å². The van der Waals surface area contributed by atoms with Gasteiger partial charge in [-0.2, -0.15) is 0 Å². The SMILES string of the molecule is CCN(CC)C[C@H]1CNCCO1. The molecule has 0 aromatic carbocycles. The number of nitrogens with zero attached hydrogens (tertiary/aromatic N) is 1. The summed E-state index contributed by atoms with van der Waals surface area (Å²) in [5.74, 6) is 0. The maximum Gasteiger partial charge on any atom is 0.0826 e. The van der Waals surface area contributed by atoms with Crippen LogP contribution in [-0.2, 0) is 4.74 Å². The summed E-state index contributed by atoms with van der Waals surface area (Å²) < 4.78 is 5.61. The van der Waals surface area contributed by atoms with Crippen molar-refractivity contribution in [1.29, 1.82) is 0 Å². The van der Waals surface area contributed by atoms with Crippen molar-refractivity contribution in [1.82, 2.24) is 10.2 Å². The van der Waals surface area contributed by atoms with Crippen LogP contribution < -0.4 is 5.32 Å². The van der Waals surface area contributed by atoms with Crippen molar-refractivity contribution in [2.24, 2.45) is 0 Å². The first kappa shape index (κ1) is 9.96. The molecule has 0 saturated carbocycles. The predicted octanol–water partition coefficient (Wildman–Crippen LogP) is 0.317. The third-order valence-corrected chi connectivity index (χ3v) is 2.36. The van der Waals surface area contributed by atoms with Gasteiger partial charge in [0.25, 0.3) is 0 Å². The van der Waals surface area contributed by atoms with Crippen LogP contribution >= 0.6 is 0 Å². The minimum atomic E-state index is 0.402. The fourth-order valence-electron chi connectivity index (χ4n) is 1.51. The Bertz CT molecular complexity index is 109. The van der Waals surface area contributed by atoms with Crippen molar-refractivity contribution in [3.63, 3.8) is 0 Å². The van der Waals surface area contributed by atoms with Crippen LogP contribution in [0.2, 0.25) is 0 Å². The summed E-state index contributed by atoms with van der Waals surface area (Å²) in [7, 11) is 0. The Hall–Kier alpha value is -0.120. The molecule has 0 amide bonds. The summed E-state index contributed by atoms with van der Waals surface area (Å²) >= 11 is 0. The molecular formula is C9H20N2O. The van der Waals surface area contributed by atoms with E-state index >= 15 is 0 Å². The molecule has 0 aliphatic carbocycles. The standard InChI is InChI=1S/C9H20N2O/c1-3-11(4-2)8-9-7-10-5-6-12-9/h9-10H,3-8H2,1-2H3/t9-/m1/s1. The van der Waals surface area contributed by atoms with E-state index in [1.165, 1.54) is 0 Å². The number of hydrogen-bond acceptors (Lipinski definition) is 3. The first-order chi connectivity index (χ1) is 5.86. The molecule has 0 unspecified atom stereocenters. The minimum absolute atomic E-state index is 0.402. The summed E-state index contributed by atoms with van der Waals surface area (Å²) in [4.78, 5) is 2.40. The summed E-state index contributed by atoms with van der Waals surface area (Å²) in [6.45, 7) is 10.6. The van der Waals surface area contributed by atoms with Gasteiger partial charge in [0.2, 0.25) is 0 Å². The molecule has 1 saturated heterocycles. The smallest absolute Gasteiger partial charge is 0.0826 e. The Morgan fingerprint density at radius 2 is 2.17 bits per heavy atom. The predicted molar refractivity (Wildman–Crippen MR) is 50.4 cm³/mol. The maximum atomic E-state index is 5.61. The highest BCUT2D eigenvalue weighted by Gasteiger charge is 2.15. The van der Waals surface area contributed by atoms with Gasteiger partial charge >= 0.3 is 0 Å². The van der Waals surface area contributed by atoms with Crippen molar-refractivity contribution in [3.8, 4) is 0 Å². The monoisotopic (exact) mass is 172 g/mol. The van der Waals surface area contributed by atoms with Gasteiger partial charge in [0.05, 0.1) is 12.7 Å². The average molecular weight is 172 g/mol. The summed E-state index contributed by atoms with van der Waals surface area (Å²) in [6.07, 6.45) is 0.402. The number of morpholine rings is 1. The quantitative estimate of drug-likeness (QED) is 0.661. The lowest BCUT2D eigenvalue weighted by atomic mass is 10.3. The summed E-state index contributed by atoms with van der Waals surface area (Å²) in [5, 5.41) is 3.34. The molecule has 0 bridgehead atoms. The Kier molecular flexibility index (Phi) is 4.58. The number of hydrogen-bond donors (Lipinski definition) is 1. The van der Waals surface area contributed by atoms with Crippen molar-refractivity contribution in [2.75, 3.05) is 39.3 Å². The van der Waals surface area contributed by atoms with Gasteiger partial charge in [0.15, 0.2) is 0 Å². The van der Waals surface area contributed by atoms with E-state index in [1.807, 2.05) is 0 Å². The zero-order chi connectivity index (χ0) is 8.81. The van der Waals surface area contributed by atoms with E-state index < -0.39 is 0 Å². The zero-order valence-electron chi connectivity index (χ0n) is 8.18. The van der Waals surface area contributed by atoms with E-state index in [-0.39, 0.29) is 0 Å². The lowest BCUT2D eigenvalue weighted by Crippen LogP contribution is -2.45. The van der Waals surface area contributed by atoms with Crippen molar-refractivity contribution in [3.05, 3.63) is 0 Å². The third-order valence-electron chi connectivity index (χ3n) is 2.36. The topological polar surface area (TPSA) is 24.5 Å². The van der Waals surface area contributed by atoms with Crippen molar-refractivity contribution in [2.45, 2.75) is 20.0 Å². The second kappa shape index (κ2) is 5.51. The molecule has 1 rings (SSSR count). The van der Waals surface area contributed by atoms with Crippen LogP contribution in [0.25, 0.3) is 0 Å². The van der Waals surface area contributed by atoms with E-state index in [2.05, 4.69) is 24.1 Å². The van der Waals surface area contributed by atoms with E-state index in [4.69, 9.17) is 4.74 Å². The van der Waals surface area contributed by atoms with Gasteiger partial charge in [-0.15, -0.1) is 0 Å². The lowest BCUT2D eigenvalue weighted by Gasteiger charge is -2.28. The number of nitrogens with one attached hydrogen (secondary N) is 1.